The molecule has 0 aromatic rings. The van der Waals surface area contributed by atoms with Crippen LogP contribution in [0, 0.1) is 0 Å². The molecule has 0 spiro atoms. The Kier molecular flexibility index (Phi) is 8.73. The van der Waals surface area contributed by atoms with E-state index in [0.717, 1.165) is 19.6 Å². The van der Waals surface area contributed by atoms with Gasteiger partial charge in [-0.2, -0.15) is 0 Å². The first-order valence-electron chi connectivity index (χ1n) is 6.20. The smallest absolute Gasteiger partial charge is 0.0166 e. The first-order valence-corrected chi connectivity index (χ1v) is 6.20. The molecule has 0 heterocycles. The van der Waals surface area contributed by atoms with Gasteiger partial charge in [-0.3, -0.25) is 4.90 Å². The predicted octanol–water partition coefficient (Wildman–Crippen LogP) is 2.66. The molecule has 0 fully saturated rings. The van der Waals surface area contributed by atoms with Crippen molar-refractivity contribution < 1.29 is 0 Å². The van der Waals surface area contributed by atoms with Crippen molar-refractivity contribution in [2.45, 2.75) is 52.6 Å². The molecule has 0 rings (SSSR count). The molecular formula is C13H28N2. The van der Waals surface area contributed by atoms with Gasteiger partial charge >= 0.3 is 0 Å². The normalized spacial score (nSPS) is 13.5. The maximum atomic E-state index is 3.82. The fourth-order valence-corrected chi connectivity index (χ4v) is 1.91. The summed E-state index contributed by atoms with van der Waals surface area (Å²) in [6.45, 7) is 16.0. The molecule has 0 amide bonds. The lowest BCUT2D eigenvalue weighted by atomic mass is 10.1. The Labute approximate surface area is 95.7 Å². The van der Waals surface area contributed by atoms with E-state index in [1.165, 1.54) is 12.8 Å². The van der Waals surface area contributed by atoms with E-state index in [4.69, 9.17) is 0 Å². The van der Waals surface area contributed by atoms with E-state index in [9.17, 15) is 0 Å². The molecule has 0 aromatic heterocycles. The first-order chi connectivity index (χ1) is 7.13. The largest absolute Gasteiger partial charge is 0.317 e. The molecular weight excluding hydrogens is 184 g/mol. The van der Waals surface area contributed by atoms with Crippen LogP contribution >= 0.6 is 0 Å². The Morgan fingerprint density at radius 1 is 1.33 bits per heavy atom. The molecule has 90 valence electrons. The SMILES string of the molecule is C=CCN(C(C)C)C(C)CCCNCC. The standard InChI is InChI=1S/C13H28N2/c1-6-11-15(12(3)4)13(5)9-8-10-14-7-2/h6,12-14H,1,7-11H2,2-5H3. The molecule has 0 aliphatic rings. The van der Waals surface area contributed by atoms with Gasteiger partial charge in [0, 0.05) is 18.6 Å². The molecule has 0 radical (unpaired) electrons. The van der Waals surface area contributed by atoms with Crippen molar-refractivity contribution in [1.29, 1.82) is 0 Å². The van der Waals surface area contributed by atoms with E-state index in [2.05, 4.69) is 44.5 Å². The average Bonchev–Trinajstić information content (AvgIpc) is 2.20. The molecule has 0 aliphatic heterocycles. The van der Waals surface area contributed by atoms with Gasteiger partial charge in [-0.25, -0.2) is 0 Å². The topological polar surface area (TPSA) is 15.3 Å². The molecule has 1 N–H and O–H groups in total. The number of nitrogens with one attached hydrogen (secondary N) is 1. The van der Waals surface area contributed by atoms with Gasteiger partial charge in [-0.05, 0) is 46.7 Å². The lowest BCUT2D eigenvalue weighted by Gasteiger charge is -2.31. The van der Waals surface area contributed by atoms with Crippen LogP contribution in [0.15, 0.2) is 12.7 Å². The summed E-state index contributed by atoms with van der Waals surface area (Å²) < 4.78 is 0. The van der Waals surface area contributed by atoms with Crippen molar-refractivity contribution in [2.24, 2.45) is 0 Å². The third-order valence-corrected chi connectivity index (χ3v) is 2.79. The molecule has 0 saturated carbocycles. The number of rotatable bonds is 9. The van der Waals surface area contributed by atoms with Gasteiger partial charge in [0.2, 0.25) is 0 Å². The van der Waals surface area contributed by atoms with Gasteiger partial charge < -0.3 is 5.32 Å². The van der Waals surface area contributed by atoms with E-state index in [-0.39, 0.29) is 0 Å². The van der Waals surface area contributed by atoms with Crippen LogP contribution in [-0.2, 0) is 0 Å². The number of nitrogens with zero attached hydrogens (tertiary/aromatic N) is 1. The zero-order valence-corrected chi connectivity index (χ0v) is 10.9. The highest BCUT2D eigenvalue weighted by molar-refractivity contribution is 4.79. The fraction of sp³-hybridized carbons (Fsp3) is 0.846. The van der Waals surface area contributed by atoms with E-state index in [1.807, 2.05) is 6.08 Å². The molecule has 2 nitrogen and oxygen atoms in total. The van der Waals surface area contributed by atoms with Gasteiger partial charge in [0.1, 0.15) is 0 Å². The van der Waals surface area contributed by atoms with Crippen molar-refractivity contribution in [3.8, 4) is 0 Å². The average molecular weight is 212 g/mol. The lowest BCUT2D eigenvalue weighted by molar-refractivity contribution is 0.173. The Morgan fingerprint density at radius 3 is 2.47 bits per heavy atom. The zero-order valence-electron chi connectivity index (χ0n) is 10.9. The van der Waals surface area contributed by atoms with E-state index in [1.54, 1.807) is 0 Å². The van der Waals surface area contributed by atoms with Crippen molar-refractivity contribution >= 4 is 0 Å². The second-order valence-corrected chi connectivity index (χ2v) is 4.42. The summed E-state index contributed by atoms with van der Waals surface area (Å²) in [4.78, 5) is 2.50. The molecule has 0 aromatic carbocycles. The van der Waals surface area contributed by atoms with Crippen molar-refractivity contribution in [1.82, 2.24) is 10.2 Å². The summed E-state index contributed by atoms with van der Waals surface area (Å²) in [7, 11) is 0. The first kappa shape index (κ1) is 14.7. The monoisotopic (exact) mass is 212 g/mol. The molecule has 1 atom stereocenters. The molecule has 0 aliphatic carbocycles. The summed E-state index contributed by atoms with van der Waals surface area (Å²) in [6, 6.07) is 1.26. The molecule has 2 heteroatoms. The van der Waals surface area contributed by atoms with Crippen LogP contribution in [-0.4, -0.2) is 36.6 Å². The summed E-state index contributed by atoms with van der Waals surface area (Å²) in [6.07, 6.45) is 4.52. The summed E-state index contributed by atoms with van der Waals surface area (Å²) >= 11 is 0. The Hall–Kier alpha value is -0.340. The van der Waals surface area contributed by atoms with Gasteiger partial charge in [0.15, 0.2) is 0 Å². The third kappa shape index (κ3) is 6.69. The van der Waals surface area contributed by atoms with Crippen LogP contribution in [0.5, 0.6) is 0 Å². The van der Waals surface area contributed by atoms with E-state index >= 15 is 0 Å². The predicted molar refractivity (Wildman–Crippen MR) is 69.3 cm³/mol. The van der Waals surface area contributed by atoms with Crippen molar-refractivity contribution in [3.63, 3.8) is 0 Å². The van der Waals surface area contributed by atoms with Crippen LogP contribution in [0.4, 0.5) is 0 Å². The van der Waals surface area contributed by atoms with Crippen molar-refractivity contribution in [2.75, 3.05) is 19.6 Å². The van der Waals surface area contributed by atoms with Crippen LogP contribution in [0.1, 0.15) is 40.5 Å². The number of hydrogen-bond acceptors (Lipinski definition) is 2. The zero-order chi connectivity index (χ0) is 11.7. The van der Waals surface area contributed by atoms with E-state index < -0.39 is 0 Å². The van der Waals surface area contributed by atoms with Gasteiger partial charge in [0.05, 0.1) is 0 Å². The van der Waals surface area contributed by atoms with Gasteiger partial charge in [-0.15, -0.1) is 6.58 Å². The number of hydrogen-bond donors (Lipinski definition) is 1. The Bertz CT molecular complexity index is 155. The van der Waals surface area contributed by atoms with Gasteiger partial charge in [0.25, 0.3) is 0 Å². The van der Waals surface area contributed by atoms with Crippen LogP contribution in [0.3, 0.4) is 0 Å². The van der Waals surface area contributed by atoms with Crippen LogP contribution < -0.4 is 5.32 Å². The van der Waals surface area contributed by atoms with E-state index in [0.29, 0.717) is 12.1 Å². The summed E-state index contributed by atoms with van der Waals surface area (Å²) in [5, 5.41) is 3.37. The van der Waals surface area contributed by atoms with Crippen LogP contribution in [0.2, 0.25) is 0 Å². The molecule has 0 bridgehead atoms. The highest BCUT2D eigenvalue weighted by Gasteiger charge is 2.14. The summed E-state index contributed by atoms with van der Waals surface area (Å²) in [5.41, 5.74) is 0. The minimum absolute atomic E-state index is 0.608. The molecule has 1 unspecified atom stereocenters. The Morgan fingerprint density at radius 2 is 2.00 bits per heavy atom. The highest BCUT2D eigenvalue weighted by Crippen LogP contribution is 2.10. The molecule has 0 saturated heterocycles. The minimum Gasteiger partial charge on any atom is -0.317 e. The quantitative estimate of drug-likeness (QED) is 0.467. The Balaban J connectivity index is 3.81. The highest BCUT2D eigenvalue weighted by atomic mass is 15.2. The third-order valence-electron chi connectivity index (χ3n) is 2.79. The maximum absolute atomic E-state index is 3.82. The second kappa shape index (κ2) is 8.93. The fourth-order valence-electron chi connectivity index (χ4n) is 1.91. The van der Waals surface area contributed by atoms with Gasteiger partial charge in [-0.1, -0.05) is 13.0 Å². The maximum Gasteiger partial charge on any atom is 0.0166 e. The second-order valence-electron chi connectivity index (χ2n) is 4.42. The minimum atomic E-state index is 0.608. The lowest BCUT2D eigenvalue weighted by Crippen LogP contribution is -2.39. The molecule has 15 heavy (non-hydrogen) atoms. The van der Waals surface area contributed by atoms with Crippen molar-refractivity contribution in [3.05, 3.63) is 12.7 Å². The van der Waals surface area contributed by atoms with Crippen LogP contribution in [0.25, 0.3) is 0 Å². The summed E-state index contributed by atoms with van der Waals surface area (Å²) in [5.74, 6) is 0.